The summed E-state index contributed by atoms with van der Waals surface area (Å²) in [5, 5.41) is 2.62. The largest absolute Gasteiger partial charge is 0.322 e. The first kappa shape index (κ1) is 14.7. The minimum absolute atomic E-state index is 0.193. The van der Waals surface area contributed by atoms with Crippen molar-refractivity contribution in [3.05, 3.63) is 58.4 Å². The number of nitrogens with one attached hydrogen (secondary N) is 1. The van der Waals surface area contributed by atoms with Crippen LogP contribution in [0.25, 0.3) is 0 Å². The van der Waals surface area contributed by atoms with Gasteiger partial charge in [0, 0.05) is 28.3 Å². The average molecular weight is 318 g/mol. The summed E-state index contributed by atoms with van der Waals surface area (Å²) < 4.78 is 38.8. The first-order chi connectivity index (χ1) is 9.38. The summed E-state index contributed by atoms with van der Waals surface area (Å²) in [6, 6.07) is 5.66. The zero-order valence-corrected chi connectivity index (χ0v) is 11.4. The third-order valence-electron chi connectivity index (χ3n) is 2.45. The molecule has 0 aliphatic carbocycles. The Labute approximate surface area is 123 Å². The molecule has 7 heteroatoms. The molecule has 0 saturated carbocycles. The molecule has 0 spiro atoms. The van der Waals surface area contributed by atoms with E-state index in [0.717, 1.165) is 0 Å². The summed E-state index contributed by atoms with van der Waals surface area (Å²) >= 11 is 9.81. The summed E-state index contributed by atoms with van der Waals surface area (Å²) in [4.78, 5) is 12.2. The molecule has 0 bridgehead atoms. The number of carbonyl (C=O) groups is 1. The third kappa shape index (κ3) is 3.08. The highest BCUT2D eigenvalue weighted by Gasteiger charge is 2.13. The maximum absolute atomic E-state index is 13.0. The zero-order valence-electron chi connectivity index (χ0n) is 9.75. The second-order valence-corrected chi connectivity index (χ2v) is 4.76. The third-order valence-corrected chi connectivity index (χ3v) is 3.28. The van der Waals surface area contributed by atoms with Crippen LogP contribution in [-0.4, -0.2) is 5.91 Å². The number of hydrogen-bond acceptors (Lipinski definition) is 2. The minimum Gasteiger partial charge on any atom is -0.322 e. The van der Waals surface area contributed by atoms with Crippen LogP contribution in [0.1, 0.15) is 10.4 Å². The summed E-state index contributed by atoms with van der Waals surface area (Å²) in [6.07, 6.45) is 0. The number of amides is 1. The van der Waals surface area contributed by atoms with Crippen LogP contribution in [0.15, 0.2) is 35.2 Å². The van der Waals surface area contributed by atoms with Crippen LogP contribution in [0.2, 0.25) is 5.02 Å². The maximum Gasteiger partial charge on any atom is 0.255 e. The normalized spacial score (nSPS) is 10.4. The van der Waals surface area contributed by atoms with Crippen LogP contribution in [0.3, 0.4) is 0 Å². The van der Waals surface area contributed by atoms with Crippen molar-refractivity contribution in [3.63, 3.8) is 0 Å². The zero-order chi connectivity index (χ0) is 14.9. The highest BCUT2D eigenvalue weighted by molar-refractivity contribution is 7.80. The van der Waals surface area contributed by atoms with Gasteiger partial charge in [-0.1, -0.05) is 11.6 Å². The monoisotopic (exact) mass is 317 g/mol. The number of rotatable bonds is 2. The van der Waals surface area contributed by atoms with E-state index in [0.29, 0.717) is 22.1 Å². The smallest absolute Gasteiger partial charge is 0.255 e. The van der Waals surface area contributed by atoms with Crippen LogP contribution in [0, 0.1) is 17.5 Å². The van der Waals surface area contributed by atoms with Crippen molar-refractivity contribution in [1.29, 1.82) is 0 Å². The van der Waals surface area contributed by atoms with Crippen molar-refractivity contribution in [1.82, 2.24) is 0 Å². The van der Waals surface area contributed by atoms with Crippen LogP contribution in [0.5, 0.6) is 0 Å². The molecule has 2 aromatic rings. The Morgan fingerprint density at radius 2 is 1.70 bits per heavy atom. The molecule has 0 atom stereocenters. The predicted octanol–water partition coefficient (Wildman–Crippen LogP) is 4.30. The SMILES string of the molecule is O=C(Nc1cc(F)c(F)c(F)c1)c1ccc(Cl)c(S)c1. The molecule has 0 radical (unpaired) electrons. The van der Waals surface area contributed by atoms with E-state index in [-0.39, 0.29) is 11.3 Å². The Bertz CT molecular complexity index is 670. The van der Waals surface area contributed by atoms with Crippen molar-refractivity contribution < 1.29 is 18.0 Å². The van der Waals surface area contributed by atoms with E-state index >= 15 is 0 Å². The van der Waals surface area contributed by atoms with Gasteiger partial charge >= 0.3 is 0 Å². The van der Waals surface area contributed by atoms with Crippen LogP contribution in [-0.2, 0) is 0 Å². The van der Waals surface area contributed by atoms with Gasteiger partial charge in [0.2, 0.25) is 0 Å². The highest BCUT2D eigenvalue weighted by atomic mass is 35.5. The molecule has 0 unspecified atom stereocenters. The first-order valence-corrected chi connectivity index (χ1v) is 6.15. The molecule has 0 saturated heterocycles. The molecular formula is C13H7ClF3NOS. The summed E-state index contributed by atoms with van der Waals surface area (Å²) in [5.74, 6) is -4.98. The molecule has 2 nitrogen and oxygen atoms in total. The predicted molar refractivity (Wildman–Crippen MR) is 73.0 cm³/mol. The Morgan fingerprint density at radius 1 is 1.10 bits per heavy atom. The van der Waals surface area contributed by atoms with Gasteiger partial charge in [-0.15, -0.1) is 12.6 Å². The summed E-state index contributed by atoms with van der Waals surface area (Å²) in [6.45, 7) is 0. The van der Waals surface area contributed by atoms with Crippen LogP contribution >= 0.6 is 24.2 Å². The average Bonchev–Trinajstić information content (AvgIpc) is 2.39. The van der Waals surface area contributed by atoms with Gasteiger partial charge in [0.25, 0.3) is 5.91 Å². The topological polar surface area (TPSA) is 29.1 Å². The molecule has 2 aromatic carbocycles. The Kier molecular flexibility index (Phi) is 4.25. The summed E-state index contributed by atoms with van der Waals surface area (Å²) in [7, 11) is 0. The fourth-order valence-corrected chi connectivity index (χ4v) is 1.82. The van der Waals surface area contributed by atoms with Gasteiger partial charge in [-0.25, -0.2) is 13.2 Å². The molecule has 0 fully saturated rings. The van der Waals surface area contributed by atoms with Crippen LogP contribution in [0.4, 0.5) is 18.9 Å². The fraction of sp³-hybridized carbons (Fsp3) is 0. The molecule has 104 valence electrons. The van der Waals surface area contributed by atoms with Gasteiger partial charge in [0.1, 0.15) is 0 Å². The van der Waals surface area contributed by atoms with Crippen molar-refractivity contribution in [3.8, 4) is 0 Å². The molecule has 1 N–H and O–H groups in total. The second kappa shape index (κ2) is 5.76. The summed E-state index contributed by atoms with van der Waals surface area (Å²) in [5.41, 5.74) is 0.00612. The molecule has 2 rings (SSSR count). The first-order valence-electron chi connectivity index (χ1n) is 5.33. The number of halogens is 4. The molecule has 1 amide bonds. The van der Waals surface area contributed by atoms with E-state index in [9.17, 15) is 18.0 Å². The van der Waals surface area contributed by atoms with E-state index in [1.165, 1.54) is 18.2 Å². The van der Waals surface area contributed by atoms with Gasteiger partial charge in [0.15, 0.2) is 17.5 Å². The van der Waals surface area contributed by atoms with Gasteiger partial charge in [-0.2, -0.15) is 0 Å². The lowest BCUT2D eigenvalue weighted by Gasteiger charge is -2.07. The number of hydrogen-bond donors (Lipinski definition) is 2. The molecule has 0 aliphatic heterocycles. The Morgan fingerprint density at radius 3 is 2.25 bits per heavy atom. The van der Waals surface area contributed by atoms with Gasteiger partial charge < -0.3 is 5.32 Å². The standard InChI is InChI=1S/C13H7ClF3NOS/c14-8-2-1-6(3-11(8)20)13(19)18-7-4-9(15)12(17)10(16)5-7/h1-5,20H,(H,18,19). The quantitative estimate of drug-likeness (QED) is 0.627. The lowest BCUT2D eigenvalue weighted by Crippen LogP contribution is -2.12. The number of carbonyl (C=O) groups excluding carboxylic acids is 1. The minimum atomic E-state index is -1.59. The van der Waals surface area contributed by atoms with Gasteiger partial charge in [0.05, 0.1) is 5.02 Å². The van der Waals surface area contributed by atoms with Gasteiger partial charge in [-0.05, 0) is 18.2 Å². The highest BCUT2D eigenvalue weighted by Crippen LogP contribution is 2.22. The van der Waals surface area contributed by atoms with E-state index in [2.05, 4.69) is 17.9 Å². The number of benzene rings is 2. The lowest BCUT2D eigenvalue weighted by molar-refractivity contribution is 0.102. The van der Waals surface area contributed by atoms with E-state index in [4.69, 9.17) is 11.6 Å². The van der Waals surface area contributed by atoms with Crippen molar-refractivity contribution in [2.75, 3.05) is 5.32 Å². The molecule has 20 heavy (non-hydrogen) atoms. The molecule has 0 aliphatic rings. The molecular weight excluding hydrogens is 311 g/mol. The van der Waals surface area contributed by atoms with E-state index < -0.39 is 23.4 Å². The van der Waals surface area contributed by atoms with E-state index in [1.54, 1.807) is 0 Å². The molecule has 0 heterocycles. The van der Waals surface area contributed by atoms with Crippen molar-refractivity contribution in [2.24, 2.45) is 0 Å². The maximum atomic E-state index is 13.0. The molecule has 0 aromatic heterocycles. The van der Waals surface area contributed by atoms with Crippen molar-refractivity contribution >= 4 is 35.8 Å². The number of thiol groups is 1. The fourth-order valence-electron chi connectivity index (χ4n) is 1.48. The van der Waals surface area contributed by atoms with Gasteiger partial charge in [-0.3, -0.25) is 4.79 Å². The van der Waals surface area contributed by atoms with Crippen LogP contribution < -0.4 is 5.32 Å². The second-order valence-electron chi connectivity index (χ2n) is 3.87. The number of anilines is 1. The lowest BCUT2D eigenvalue weighted by atomic mass is 10.2. The van der Waals surface area contributed by atoms with Crippen molar-refractivity contribution in [2.45, 2.75) is 4.90 Å². The van der Waals surface area contributed by atoms with E-state index in [1.807, 2.05) is 0 Å². The Balaban J connectivity index is 2.25. The Hall–Kier alpha value is -1.66.